The Kier molecular flexibility index (Phi) is 5.63. The lowest BCUT2D eigenvalue weighted by atomic mass is 9.96. The van der Waals surface area contributed by atoms with Gasteiger partial charge in [-0.05, 0) is 55.4 Å². The number of nitrogens with zero attached hydrogens (tertiary/aromatic N) is 1. The predicted octanol–water partition coefficient (Wildman–Crippen LogP) is 2.70. The van der Waals surface area contributed by atoms with E-state index in [0.29, 0.717) is 28.4 Å². The normalized spacial score (nSPS) is 24.4. The predicted molar refractivity (Wildman–Crippen MR) is 102 cm³/mol. The summed E-state index contributed by atoms with van der Waals surface area (Å²) >= 11 is 5.35. The van der Waals surface area contributed by atoms with E-state index in [9.17, 15) is 0 Å². The number of fused-ring (bicyclic) bond motifs is 2. The lowest BCUT2D eigenvalue weighted by Crippen LogP contribution is -2.42. The first-order chi connectivity index (χ1) is 12.1. The number of benzene rings is 1. The number of rotatable bonds is 6. The van der Waals surface area contributed by atoms with Crippen molar-refractivity contribution in [2.45, 2.75) is 31.7 Å². The SMILES string of the molecule is COc1cc(/C=N\NC(=S)N[C@@H]2C[C@H]3CC[C@H]2C3)cc(OC)c1OC. The van der Waals surface area contributed by atoms with Gasteiger partial charge in [-0.2, -0.15) is 5.10 Å². The molecule has 2 N–H and O–H groups in total. The zero-order chi connectivity index (χ0) is 17.8. The molecule has 0 unspecified atom stereocenters. The average molecular weight is 363 g/mol. The first-order valence-corrected chi connectivity index (χ1v) is 8.95. The summed E-state index contributed by atoms with van der Waals surface area (Å²) in [6, 6.07) is 4.16. The second kappa shape index (κ2) is 7.91. The van der Waals surface area contributed by atoms with E-state index in [4.69, 9.17) is 26.4 Å². The smallest absolute Gasteiger partial charge is 0.203 e. The molecule has 3 rings (SSSR count). The highest BCUT2D eigenvalue weighted by Gasteiger charge is 2.39. The first-order valence-electron chi connectivity index (χ1n) is 8.54. The van der Waals surface area contributed by atoms with Gasteiger partial charge in [0, 0.05) is 11.6 Å². The molecule has 1 aromatic carbocycles. The standard InChI is InChI=1S/C18H25N3O3S/c1-22-15-8-12(9-16(23-2)17(15)24-3)10-19-21-18(25)20-14-7-11-4-5-13(14)6-11/h8-11,13-14H,4-7H2,1-3H3,(H2,20,21,25)/b19-10-/t11-,13-,14+/m0/s1. The molecule has 2 aliphatic rings. The van der Waals surface area contributed by atoms with Gasteiger partial charge in [0.2, 0.25) is 5.75 Å². The molecule has 2 aliphatic carbocycles. The third-order valence-electron chi connectivity index (χ3n) is 5.12. The number of methoxy groups -OCH3 is 3. The van der Waals surface area contributed by atoms with Crippen molar-refractivity contribution in [3.05, 3.63) is 17.7 Å². The molecule has 0 aromatic heterocycles. The number of hydrogen-bond donors (Lipinski definition) is 2. The Balaban J connectivity index is 1.59. The second-order valence-corrected chi connectivity index (χ2v) is 6.99. The van der Waals surface area contributed by atoms with E-state index in [2.05, 4.69) is 15.8 Å². The van der Waals surface area contributed by atoms with Crippen molar-refractivity contribution in [3.63, 3.8) is 0 Å². The van der Waals surface area contributed by atoms with Crippen LogP contribution in [0, 0.1) is 11.8 Å². The topological polar surface area (TPSA) is 64.1 Å². The molecular formula is C18H25N3O3S. The number of hydrogen-bond acceptors (Lipinski definition) is 5. The molecular weight excluding hydrogens is 338 g/mol. The van der Waals surface area contributed by atoms with Crippen LogP contribution in [0.2, 0.25) is 0 Å². The zero-order valence-electron chi connectivity index (χ0n) is 14.9. The largest absolute Gasteiger partial charge is 0.493 e. The molecule has 0 radical (unpaired) electrons. The van der Waals surface area contributed by atoms with Crippen molar-refractivity contribution in [2.24, 2.45) is 16.9 Å². The summed E-state index contributed by atoms with van der Waals surface area (Å²) in [6.07, 6.45) is 6.94. The van der Waals surface area contributed by atoms with Crippen molar-refractivity contribution >= 4 is 23.5 Å². The maximum atomic E-state index is 5.35. The van der Waals surface area contributed by atoms with Gasteiger partial charge < -0.3 is 19.5 Å². The Morgan fingerprint density at radius 1 is 1.12 bits per heavy atom. The summed E-state index contributed by atoms with van der Waals surface area (Å²) in [5.41, 5.74) is 3.72. The maximum Gasteiger partial charge on any atom is 0.203 e. The van der Waals surface area contributed by atoms with Crippen LogP contribution in [-0.2, 0) is 0 Å². The van der Waals surface area contributed by atoms with Crippen LogP contribution in [0.25, 0.3) is 0 Å². The third kappa shape index (κ3) is 3.98. The molecule has 7 heteroatoms. The summed E-state index contributed by atoms with van der Waals surface area (Å²) in [5, 5.41) is 8.19. The fraction of sp³-hybridized carbons (Fsp3) is 0.556. The molecule has 6 nitrogen and oxygen atoms in total. The molecule has 0 heterocycles. The molecule has 2 fully saturated rings. The quantitative estimate of drug-likeness (QED) is 0.460. The van der Waals surface area contributed by atoms with Crippen LogP contribution in [0.15, 0.2) is 17.2 Å². The lowest BCUT2D eigenvalue weighted by molar-refractivity contribution is 0.324. The molecule has 25 heavy (non-hydrogen) atoms. The molecule has 136 valence electrons. The van der Waals surface area contributed by atoms with Gasteiger partial charge in [0.05, 0.1) is 27.5 Å². The van der Waals surface area contributed by atoms with Crippen LogP contribution in [0.5, 0.6) is 17.2 Å². The monoisotopic (exact) mass is 363 g/mol. The lowest BCUT2D eigenvalue weighted by Gasteiger charge is -2.23. The van der Waals surface area contributed by atoms with Crippen LogP contribution in [0.1, 0.15) is 31.2 Å². The number of thiocarbonyl (C=S) groups is 1. The van der Waals surface area contributed by atoms with Crippen molar-refractivity contribution in [3.8, 4) is 17.2 Å². The fourth-order valence-electron chi connectivity index (χ4n) is 3.96. The van der Waals surface area contributed by atoms with E-state index in [0.717, 1.165) is 17.4 Å². The Bertz CT molecular complexity index is 640. The van der Waals surface area contributed by atoms with Crippen molar-refractivity contribution < 1.29 is 14.2 Å². The highest BCUT2D eigenvalue weighted by Crippen LogP contribution is 2.44. The van der Waals surface area contributed by atoms with Gasteiger partial charge in [0.25, 0.3) is 0 Å². The second-order valence-electron chi connectivity index (χ2n) is 6.58. The Hall–Kier alpha value is -2.02. The van der Waals surface area contributed by atoms with Gasteiger partial charge in [0.15, 0.2) is 16.6 Å². The van der Waals surface area contributed by atoms with Crippen LogP contribution < -0.4 is 25.0 Å². The van der Waals surface area contributed by atoms with Crippen LogP contribution in [0.4, 0.5) is 0 Å². The molecule has 3 atom stereocenters. The summed E-state index contributed by atoms with van der Waals surface area (Å²) in [6.45, 7) is 0. The Labute approximate surface area is 153 Å². The number of ether oxygens (including phenoxy) is 3. The minimum Gasteiger partial charge on any atom is -0.493 e. The molecule has 0 aliphatic heterocycles. The Morgan fingerprint density at radius 3 is 2.36 bits per heavy atom. The van der Waals surface area contributed by atoms with E-state index in [1.165, 1.54) is 25.7 Å². The van der Waals surface area contributed by atoms with Gasteiger partial charge in [-0.15, -0.1) is 0 Å². The first kappa shape index (κ1) is 17.8. The fourth-order valence-corrected chi connectivity index (χ4v) is 4.17. The van der Waals surface area contributed by atoms with Crippen LogP contribution in [-0.4, -0.2) is 38.7 Å². The molecule has 0 amide bonds. The molecule has 0 saturated heterocycles. The van der Waals surface area contributed by atoms with E-state index in [-0.39, 0.29) is 0 Å². The van der Waals surface area contributed by atoms with Crippen molar-refractivity contribution in [1.82, 2.24) is 10.7 Å². The van der Waals surface area contributed by atoms with E-state index in [1.54, 1.807) is 27.5 Å². The van der Waals surface area contributed by atoms with Crippen LogP contribution >= 0.6 is 12.2 Å². The summed E-state index contributed by atoms with van der Waals surface area (Å²) in [4.78, 5) is 0. The van der Waals surface area contributed by atoms with Gasteiger partial charge in [-0.3, -0.25) is 5.43 Å². The summed E-state index contributed by atoms with van der Waals surface area (Å²) < 4.78 is 16.0. The van der Waals surface area contributed by atoms with Gasteiger partial charge >= 0.3 is 0 Å². The van der Waals surface area contributed by atoms with E-state index >= 15 is 0 Å². The Morgan fingerprint density at radius 2 is 1.84 bits per heavy atom. The third-order valence-corrected chi connectivity index (χ3v) is 5.33. The summed E-state index contributed by atoms with van der Waals surface area (Å²) in [5.74, 6) is 3.39. The molecule has 1 aromatic rings. The van der Waals surface area contributed by atoms with E-state index < -0.39 is 0 Å². The maximum absolute atomic E-state index is 5.35. The number of nitrogens with one attached hydrogen (secondary N) is 2. The van der Waals surface area contributed by atoms with Crippen LogP contribution in [0.3, 0.4) is 0 Å². The van der Waals surface area contributed by atoms with Crippen molar-refractivity contribution in [1.29, 1.82) is 0 Å². The minimum absolute atomic E-state index is 0.495. The summed E-state index contributed by atoms with van der Waals surface area (Å²) in [7, 11) is 4.76. The minimum atomic E-state index is 0.495. The van der Waals surface area contributed by atoms with Gasteiger partial charge in [-0.1, -0.05) is 6.42 Å². The molecule has 2 saturated carbocycles. The van der Waals surface area contributed by atoms with Gasteiger partial charge in [0.1, 0.15) is 0 Å². The number of hydrazone groups is 1. The van der Waals surface area contributed by atoms with Gasteiger partial charge in [-0.25, -0.2) is 0 Å². The average Bonchev–Trinajstić information content (AvgIpc) is 3.23. The van der Waals surface area contributed by atoms with E-state index in [1.807, 2.05) is 12.1 Å². The van der Waals surface area contributed by atoms with Crippen molar-refractivity contribution in [2.75, 3.05) is 21.3 Å². The molecule has 2 bridgehead atoms. The highest BCUT2D eigenvalue weighted by molar-refractivity contribution is 7.80. The zero-order valence-corrected chi connectivity index (χ0v) is 15.7. The highest BCUT2D eigenvalue weighted by atomic mass is 32.1. The molecule has 0 spiro atoms.